The maximum absolute atomic E-state index is 12.7. The number of anilines is 1. The summed E-state index contributed by atoms with van der Waals surface area (Å²) in [6.07, 6.45) is 0.131. The van der Waals surface area contributed by atoms with E-state index < -0.39 is 6.10 Å². The molecule has 0 heterocycles. The molecule has 5 nitrogen and oxygen atoms in total. The topological polar surface area (TPSA) is 67.4 Å². The van der Waals surface area contributed by atoms with E-state index in [0.29, 0.717) is 17.0 Å². The van der Waals surface area contributed by atoms with Crippen molar-refractivity contribution in [1.82, 2.24) is 5.32 Å². The molecule has 0 spiro atoms. The molecule has 0 saturated carbocycles. The van der Waals surface area contributed by atoms with Crippen molar-refractivity contribution in [2.75, 3.05) is 5.32 Å². The number of hydrogen-bond acceptors (Lipinski definition) is 3. The first kappa shape index (κ1) is 21.5. The van der Waals surface area contributed by atoms with Gasteiger partial charge >= 0.3 is 0 Å². The van der Waals surface area contributed by atoms with Gasteiger partial charge in [0.2, 0.25) is 0 Å². The van der Waals surface area contributed by atoms with E-state index in [1.807, 2.05) is 40.7 Å². The average molecular weight is 383 g/mol. The van der Waals surface area contributed by atoms with Gasteiger partial charge in [-0.15, -0.1) is 0 Å². The summed E-state index contributed by atoms with van der Waals surface area (Å²) in [7, 11) is 0. The van der Waals surface area contributed by atoms with Gasteiger partial charge in [-0.1, -0.05) is 25.1 Å². The smallest absolute Gasteiger partial charge is 0.265 e. The average Bonchev–Trinajstić information content (AvgIpc) is 2.65. The molecule has 0 saturated heterocycles. The van der Waals surface area contributed by atoms with Crippen LogP contribution < -0.4 is 15.4 Å². The van der Waals surface area contributed by atoms with Crippen molar-refractivity contribution in [1.29, 1.82) is 0 Å². The molecular formula is C23H30N2O3. The van der Waals surface area contributed by atoms with Crippen molar-refractivity contribution in [2.24, 2.45) is 0 Å². The molecule has 2 atom stereocenters. The minimum Gasteiger partial charge on any atom is -0.481 e. The summed E-state index contributed by atoms with van der Waals surface area (Å²) in [6, 6.07) is 11.1. The molecule has 2 rings (SSSR count). The Hall–Kier alpha value is -2.82. The third-order valence-corrected chi connectivity index (χ3v) is 4.86. The van der Waals surface area contributed by atoms with Gasteiger partial charge in [-0.05, 0) is 75.9 Å². The van der Waals surface area contributed by atoms with Gasteiger partial charge in [-0.2, -0.15) is 0 Å². The lowest BCUT2D eigenvalue weighted by atomic mass is 10.1. The predicted molar refractivity (Wildman–Crippen MR) is 113 cm³/mol. The van der Waals surface area contributed by atoms with Gasteiger partial charge < -0.3 is 15.4 Å². The number of para-hydroxylation sites is 1. The number of amides is 2. The van der Waals surface area contributed by atoms with E-state index in [9.17, 15) is 9.59 Å². The molecule has 0 aromatic heterocycles. The van der Waals surface area contributed by atoms with E-state index in [1.54, 1.807) is 31.2 Å². The zero-order chi connectivity index (χ0) is 20.8. The van der Waals surface area contributed by atoms with Gasteiger partial charge in [0.05, 0.1) is 11.3 Å². The molecule has 0 unspecified atom stereocenters. The second-order valence-corrected chi connectivity index (χ2v) is 7.28. The van der Waals surface area contributed by atoms with E-state index in [0.717, 1.165) is 23.1 Å². The molecule has 5 heteroatoms. The third-order valence-electron chi connectivity index (χ3n) is 4.86. The van der Waals surface area contributed by atoms with E-state index in [2.05, 4.69) is 16.7 Å². The second-order valence-electron chi connectivity index (χ2n) is 7.28. The number of ether oxygens (including phenoxy) is 1. The van der Waals surface area contributed by atoms with Crippen molar-refractivity contribution in [3.63, 3.8) is 0 Å². The first-order chi connectivity index (χ1) is 13.2. The SMILES string of the molecule is CC[C@@H](C)NC(=O)c1ccccc1NC(=O)[C@H](C)Oc1cc(C)cc(C)c1C. The molecule has 2 amide bonds. The molecule has 0 fully saturated rings. The van der Waals surface area contributed by atoms with Crippen LogP contribution in [0.2, 0.25) is 0 Å². The van der Waals surface area contributed by atoms with Gasteiger partial charge in [0, 0.05) is 6.04 Å². The van der Waals surface area contributed by atoms with Crippen LogP contribution in [0.1, 0.15) is 54.2 Å². The number of carbonyl (C=O) groups excluding carboxylic acids is 2. The minimum atomic E-state index is -0.703. The lowest BCUT2D eigenvalue weighted by Gasteiger charge is -2.19. The van der Waals surface area contributed by atoms with Crippen LogP contribution in [0.5, 0.6) is 5.75 Å². The van der Waals surface area contributed by atoms with Crippen LogP contribution >= 0.6 is 0 Å². The Morgan fingerprint density at radius 1 is 1.07 bits per heavy atom. The number of carbonyl (C=O) groups is 2. The van der Waals surface area contributed by atoms with Gasteiger partial charge in [0.15, 0.2) is 6.10 Å². The van der Waals surface area contributed by atoms with E-state index in [4.69, 9.17) is 4.74 Å². The van der Waals surface area contributed by atoms with Crippen molar-refractivity contribution in [2.45, 2.75) is 60.1 Å². The van der Waals surface area contributed by atoms with Crippen LogP contribution in [0.3, 0.4) is 0 Å². The van der Waals surface area contributed by atoms with Gasteiger partial charge in [-0.25, -0.2) is 0 Å². The predicted octanol–water partition coefficient (Wildman–Crippen LogP) is 4.55. The van der Waals surface area contributed by atoms with Crippen LogP contribution in [-0.2, 0) is 4.79 Å². The van der Waals surface area contributed by atoms with Crippen molar-refractivity contribution >= 4 is 17.5 Å². The summed E-state index contributed by atoms with van der Waals surface area (Å²) in [5, 5.41) is 5.75. The van der Waals surface area contributed by atoms with Crippen LogP contribution in [0, 0.1) is 20.8 Å². The highest BCUT2D eigenvalue weighted by Crippen LogP contribution is 2.25. The Kier molecular flexibility index (Phi) is 7.21. The van der Waals surface area contributed by atoms with Crippen molar-refractivity contribution in [3.8, 4) is 5.75 Å². The fraction of sp³-hybridized carbons (Fsp3) is 0.391. The van der Waals surface area contributed by atoms with Gasteiger partial charge in [0.25, 0.3) is 11.8 Å². The fourth-order valence-electron chi connectivity index (χ4n) is 2.80. The maximum Gasteiger partial charge on any atom is 0.265 e. The van der Waals surface area contributed by atoms with Gasteiger partial charge in [0.1, 0.15) is 5.75 Å². The first-order valence-corrected chi connectivity index (χ1v) is 9.68. The van der Waals surface area contributed by atoms with Crippen molar-refractivity contribution in [3.05, 3.63) is 58.7 Å². The van der Waals surface area contributed by atoms with Gasteiger partial charge in [-0.3, -0.25) is 9.59 Å². The Balaban J connectivity index is 2.14. The summed E-state index contributed by atoms with van der Waals surface area (Å²) in [6.45, 7) is 11.6. The molecule has 2 aromatic rings. The molecule has 0 radical (unpaired) electrons. The normalized spacial score (nSPS) is 12.8. The summed E-state index contributed by atoms with van der Waals surface area (Å²) in [4.78, 5) is 25.2. The Morgan fingerprint density at radius 3 is 2.43 bits per heavy atom. The molecule has 0 bridgehead atoms. The van der Waals surface area contributed by atoms with Crippen LogP contribution in [0.4, 0.5) is 5.69 Å². The Morgan fingerprint density at radius 2 is 1.75 bits per heavy atom. The zero-order valence-corrected chi connectivity index (χ0v) is 17.6. The maximum atomic E-state index is 12.7. The summed E-state index contributed by atoms with van der Waals surface area (Å²) in [5.41, 5.74) is 4.12. The highest BCUT2D eigenvalue weighted by molar-refractivity contribution is 6.04. The lowest BCUT2D eigenvalue weighted by molar-refractivity contribution is -0.122. The first-order valence-electron chi connectivity index (χ1n) is 9.68. The molecule has 2 N–H and O–H groups in total. The lowest BCUT2D eigenvalue weighted by Crippen LogP contribution is -2.34. The fourth-order valence-corrected chi connectivity index (χ4v) is 2.80. The minimum absolute atomic E-state index is 0.0612. The quantitative estimate of drug-likeness (QED) is 0.738. The van der Waals surface area contributed by atoms with Crippen molar-refractivity contribution < 1.29 is 14.3 Å². The molecule has 2 aromatic carbocycles. The molecule has 0 aliphatic carbocycles. The van der Waals surface area contributed by atoms with Crippen LogP contribution in [0.25, 0.3) is 0 Å². The number of rotatable bonds is 7. The van der Waals surface area contributed by atoms with E-state index >= 15 is 0 Å². The number of aryl methyl sites for hydroxylation is 2. The summed E-state index contributed by atoms with van der Waals surface area (Å²) in [5.74, 6) is 0.189. The Bertz CT molecular complexity index is 861. The standard InChI is InChI=1S/C23H30N2O3/c1-7-16(4)24-23(27)19-10-8-9-11-20(19)25-22(26)18(6)28-21-13-14(2)12-15(3)17(21)5/h8-13,16,18H,7H2,1-6H3,(H,24,27)(H,25,26)/t16-,18+/m1/s1. The largest absolute Gasteiger partial charge is 0.481 e. The molecule has 150 valence electrons. The summed E-state index contributed by atoms with van der Waals surface area (Å²) < 4.78 is 5.91. The number of benzene rings is 2. The second kappa shape index (κ2) is 9.40. The molecule has 0 aliphatic rings. The monoisotopic (exact) mass is 382 g/mol. The molecular weight excluding hydrogens is 352 g/mol. The molecule has 0 aliphatic heterocycles. The Labute approximate surface area is 167 Å². The third kappa shape index (κ3) is 5.35. The number of nitrogens with one attached hydrogen (secondary N) is 2. The highest BCUT2D eigenvalue weighted by atomic mass is 16.5. The highest BCUT2D eigenvalue weighted by Gasteiger charge is 2.20. The number of hydrogen-bond donors (Lipinski definition) is 2. The van der Waals surface area contributed by atoms with Crippen LogP contribution in [-0.4, -0.2) is 24.0 Å². The van der Waals surface area contributed by atoms with E-state index in [-0.39, 0.29) is 17.9 Å². The van der Waals surface area contributed by atoms with Crippen LogP contribution in [0.15, 0.2) is 36.4 Å². The van der Waals surface area contributed by atoms with E-state index in [1.165, 1.54) is 0 Å². The molecule has 28 heavy (non-hydrogen) atoms. The summed E-state index contributed by atoms with van der Waals surface area (Å²) >= 11 is 0. The zero-order valence-electron chi connectivity index (χ0n) is 17.6.